The van der Waals surface area contributed by atoms with E-state index in [9.17, 15) is 0 Å². The summed E-state index contributed by atoms with van der Waals surface area (Å²) in [5, 5.41) is 0. The van der Waals surface area contributed by atoms with E-state index in [1.807, 2.05) is 18.2 Å². The highest BCUT2D eigenvalue weighted by atomic mass is 79.9. The zero-order chi connectivity index (χ0) is 19.5. The van der Waals surface area contributed by atoms with Crippen LogP contribution in [0.1, 0.15) is 17.5 Å². The first-order chi connectivity index (χ1) is 13.6. The highest BCUT2D eigenvalue weighted by Crippen LogP contribution is 2.27. The predicted molar refractivity (Wildman–Crippen MR) is 119 cm³/mol. The molecule has 0 N–H and O–H groups in total. The van der Waals surface area contributed by atoms with Gasteiger partial charge in [0.15, 0.2) is 0 Å². The molecule has 28 heavy (non-hydrogen) atoms. The van der Waals surface area contributed by atoms with Crippen LogP contribution in [0.15, 0.2) is 71.2 Å². The maximum absolute atomic E-state index is 6.10. The molecule has 4 heteroatoms. The van der Waals surface area contributed by atoms with Crippen molar-refractivity contribution in [3.8, 4) is 17.1 Å². The zero-order valence-electron chi connectivity index (χ0n) is 16.2. The average molecular weight is 435 g/mol. The van der Waals surface area contributed by atoms with Gasteiger partial charge >= 0.3 is 0 Å². The van der Waals surface area contributed by atoms with Crippen LogP contribution < -0.4 is 4.74 Å². The van der Waals surface area contributed by atoms with Gasteiger partial charge in [-0.3, -0.25) is 0 Å². The summed E-state index contributed by atoms with van der Waals surface area (Å²) in [5.74, 6) is 2.00. The van der Waals surface area contributed by atoms with Gasteiger partial charge in [0.25, 0.3) is 0 Å². The molecule has 0 saturated carbocycles. The van der Waals surface area contributed by atoms with E-state index in [1.54, 1.807) is 0 Å². The third-order valence-corrected chi connectivity index (χ3v) is 5.41. The minimum atomic E-state index is 0.677. The second kappa shape index (κ2) is 8.19. The molecule has 0 aliphatic rings. The number of rotatable bonds is 6. The third kappa shape index (κ3) is 3.83. The number of hydrogen-bond acceptors (Lipinski definition) is 2. The fourth-order valence-electron chi connectivity index (χ4n) is 3.57. The lowest BCUT2D eigenvalue weighted by Gasteiger charge is -2.13. The smallest absolute Gasteiger partial charge is 0.141 e. The summed E-state index contributed by atoms with van der Waals surface area (Å²) < 4.78 is 9.46. The van der Waals surface area contributed by atoms with Crippen LogP contribution in [0.2, 0.25) is 0 Å². The number of aromatic nitrogens is 2. The number of imidazole rings is 1. The first kappa shape index (κ1) is 18.8. The SMILES string of the molecule is Cc1cccc(C)c1OCCCn1c(-c2cccc(Br)c2)nc2ccccc21. The molecule has 4 rings (SSSR count). The van der Waals surface area contributed by atoms with Gasteiger partial charge in [0.1, 0.15) is 11.6 Å². The molecule has 4 aromatic rings. The molecule has 0 bridgehead atoms. The van der Waals surface area contributed by atoms with Crippen LogP contribution in [0.3, 0.4) is 0 Å². The molecule has 0 saturated heterocycles. The predicted octanol–water partition coefficient (Wildman–Crippen LogP) is 6.55. The zero-order valence-corrected chi connectivity index (χ0v) is 17.7. The lowest BCUT2D eigenvalue weighted by molar-refractivity contribution is 0.299. The summed E-state index contributed by atoms with van der Waals surface area (Å²) in [6.45, 7) is 5.72. The van der Waals surface area contributed by atoms with Gasteiger partial charge in [-0.15, -0.1) is 0 Å². The fraction of sp³-hybridized carbons (Fsp3) is 0.208. The molecule has 1 heterocycles. The first-order valence-corrected chi connectivity index (χ1v) is 10.3. The summed E-state index contributed by atoms with van der Waals surface area (Å²) in [6, 6.07) is 22.9. The highest BCUT2D eigenvalue weighted by molar-refractivity contribution is 9.10. The van der Waals surface area contributed by atoms with Crippen LogP contribution in [0.5, 0.6) is 5.75 Å². The topological polar surface area (TPSA) is 27.1 Å². The Balaban J connectivity index is 1.57. The van der Waals surface area contributed by atoms with Gasteiger partial charge in [-0.25, -0.2) is 4.98 Å². The van der Waals surface area contributed by atoms with Crippen molar-refractivity contribution in [1.29, 1.82) is 0 Å². The van der Waals surface area contributed by atoms with Crippen molar-refractivity contribution in [1.82, 2.24) is 9.55 Å². The number of ether oxygens (including phenoxy) is 1. The quantitative estimate of drug-likeness (QED) is 0.321. The van der Waals surface area contributed by atoms with Gasteiger partial charge in [0.2, 0.25) is 0 Å². The van der Waals surface area contributed by atoms with Crippen molar-refractivity contribution in [2.24, 2.45) is 0 Å². The molecule has 0 atom stereocenters. The number of aryl methyl sites for hydroxylation is 3. The van der Waals surface area contributed by atoms with Crippen LogP contribution in [-0.4, -0.2) is 16.2 Å². The van der Waals surface area contributed by atoms with E-state index in [0.717, 1.165) is 45.6 Å². The molecular weight excluding hydrogens is 412 g/mol. The van der Waals surface area contributed by atoms with Crippen LogP contribution in [0.4, 0.5) is 0 Å². The van der Waals surface area contributed by atoms with Crippen LogP contribution >= 0.6 is 15.9 Å². The Kier molecular flexibility index (Phi) is 5.49. The van der Waals surface area contributed by atoms with Gasteiger partial charge in [-0.2, -0.15) is 0 Å². The van der Waals surface area contributed by atoms with Gasteiger partial charge in [-0.1, -0.05) is 58.4 Å². The molecule has 0 amide bonds. The van der Waals surface area contributed by atoms with Gasteiger partial charge in [0.05, 0.1) is 17.6 Å². The molecule has 0 fully saturated rings. The Bertz CT molecular complexity index is 1100. The summed E-state index contributed by atoms with van der Waals surface area (Å²) >= 11 is 3.57. The fourth-order valence-corrected chi connectivity index (χ4v) is 3.97. The molecule has 0 spiro atoms. The molecule has 1 aromatic heterocycles. The van der Waals surface area contributed by atoms with Gasteiger partial charge in [0, 0.05) is 16.6 Å². The number of para-hydroxylation sites is 3. The first-order valence-electron chi connectivity index (χ1n) is 9.54. The molecular formula is C24H23BrN2O. The molecule has 0 aliphatic carbocycles. The number of halogens is 1. The summed E-state index contributed by atoms with van der Waals surface area (Å²) in [7, 11) is 0. The van der Waals surface area contributed by atoms with E-state index in [-0.39, 0.29) is 0 Å². The molecule has 0 radical (unpaired) electrons. The highest BCUT2D eigenvalue weighted by Gasteiger charge is 2.12. The second-order valence-electron chi connectivity index (χ2n) is 7.01. The normalized spacial score (nSPS) is 11.1. The molecule has 0 aliphatic heterocycles. The largest absolute Gasteiger partial charge is 0.493 e. The van der Waals surface area contributed by atoms with Crippen molar-refractivity contribution in [3.05, 3.63) is 82.3 Å². The minimum absolute atomic E-state index is 0.677. The molecule has 0 unspecified atom stereocenters. The summed E-state index contributed by atoms with van der Waals surface area (Å²) in [5.41, 5.74) is 5.66. The standard InChI is InChI=1S/C24H23BrN2O/c1-17-8-5-9-18(2)23(17)28-15-7-14-27-22-13-4-3-12-21(22)26-24(27)19-10-6-11-20(25)16-19/h3-6,8-13,16H,7,14-15H2,1-2H3. The Labute approximate surface area is 174 Å². The van der Waals surface area contributed by atoms with E-state index in [2.05, 4.69) is 82.9 Å². The summed E-state index contributed by atoms with van der Waals surface area (Å²) in [4.78, 5) is 4.89. The maximum Gasteiger partial charge on any atom is 0.141 e. The number of fused-ring (bicyclic) bond motifs is 1. The minimum Gasteiger partial charge on any atom is -0.493 e. The summed E-state index contributed by atoms with van der Waals surface area (Å²) in [6.07, 6.45) is 0.912. The third-order valence-electron chi connectivity index (χ3n) is 4.92. The second-order valence-corrected chi connectivity index (χ2v) is 7.92. The van der Waals surface area contributed by atoms with E-state index >= 15 is 0 Å². The Morgan fingerprint density at radius 3 is 2.46 bits per heavy atom. The lowest BCUT2D eigenvalue weighted by atomic mass is 10.1. The molecule has 142 valence electrons. The number of nitrogens with zero attached hydrogens (tertiary/aromatic N) is 2. The van der Waals surface area contributed by atoms with Crippen LogP contribution in [0.25, 0.3) is 22.4 Å². The van der Waals surface area contributed by atoms with Gasteiger partial charge in [-0.05, 0) is 55.7 Å². The Hall–Kier alpha value is -2.59. The maximum atomic E-state index is 6.10. The van der Waals surface area contributed by atoms with E-state index in [0.29, 0.717) is 6.61 Å². The van der Waals surface area contributed by atoms with Crippen molar-refractivity contribution in [3.63, 3.8) is 0 Å². The van der Waals surface area contributed by atoms with Crippen LogP contribution in [0, 0.1) is 13.8 Å². The monoisotopic (exact) mass is 434 g/mol. The lowest BCUT2D eigenvalue weighted by Crippen LogP contribution is -2.07. The van der Waals surface area contributed by atoms with E-state index < -0.39 is 0 Å². The van der Waals surface area contributed by atoms with Crippen molar-refractivity contribution in [2.75, 3.05) is 6.61 Å². The average Bonchev–Trinajstić information content (AvgIpc) is 3.06. The van der Waals surface area contributed by atoms with Crippen molar-refractivity contribution >= 4 is 27.0 Å². The van der Waals surface area contributed by atoms with Gasteiger partial charge < -0.3 is 9.30 Å². The van der Waals surface area contributed by atoms with E-state index in [1.165, 1.54) is 11.1 Å². The molecule has 3 aromatic carbocycles. The number of hydrogen-bond donors (Lipinski definition) is 0. The Morgan fingerprint density at radius 2 is 1.68 bits per heavy atom. The van der Waals surface area contributed by atoms with Crippen molar-refractivity contribution < 1.29 is 4.74 Å². The number of benzene rings is 3. The Morgan fingerprint density at radius 1 is 0.929 bits per heavy atom. The van der Waals surface area contributed by atoms with Crippen LogP contribution in [-0.2, 0) is 6.54 Å². The van der Waals surface area contributed by atoms with E-state index in [4.69, 9.17) is 9.72 Å². The molecule has 3 nitrogen and oxygen atoms in total. The van der Waals surface area contributed by atoms with Crippen molar-refractivity contribution in [2.45, 2.75) is 26.8 Å².